The molecule has 0 bridgehead atoms. The van der Waals surface area contributed by atoms with Crippen molar-refractivity contribution in [3.63, 3.8) is 0 Å². The minimum absolute atomic E-state index is 0.00523. The number of hydrogen-bond acceptors (Lipinski definition) is 7. The Morgan fingerprint density at radius 2 is 2.06 bits per heavy atom. The molecular formula is C23H30N8O2. The molecule has 33 heavy (non-hydrogen) atoms. The standard InChI is InChI=1S/C23H30N8O2/c1-23(2,3)17-11-25-29-22(17)33-12-14-7-15(8-14)18-10-20(28-27-18)26-21-19-9-16(13-32-4)30-31(19)6-5-24-21/h5-6,9-11,14-15H,7-8,12-13H2,1-4H3,(H,25,29)(H2,24,26,27,28). The van der Waals surface area contributed by atoms with Gasteiger partial charge in [-0.15, -0.1) is 0 Å². The van der Waals surface area contributed by atoms with E-state index in [0.717, 1.165) is 47.0 Å². The largest absolute Gasteiger partial charge is 0.477 e. The summed E-state index contributed by atoms with van der Waals surface area (Å²) >= 11 is 0. The first-order valence-corrected chi connectivity index (χ1v) is 11.2. The van der Waals surface area contributed by atoms with Crippen molar-refractivity contribution in [3.8, 4) is 5.88 Å². The maximum Gasteiger partial charge on any atom is 0.212 e. The van der Waals surface area contributed by atoms with E-state index in [9.17, 15) is 0 Å². The Balaban J connectivity index is 1.17. The van der Waals surface area contributed by atoms with E-state index < -0.39 is 0 Å². The topological polar surface area (TPSA) is 118 Å². The third-order valence-electron chi connectivity index (χ3n) is 6.13. The molecular weight excluding hydrogens is 420 g/mol. The molecule has 0 atom stereocenters. The van der Waals surface area contributed by atoms with Crippen LogP contribution in [0.1, 0.15) is 56.5 Å². The van der Waals surface area contributed by atoms with Crippen LogP contribution >= 0.6 is 0 Å². The molecule has 5 rings (SSSR count). The van der Waals surface area contributed by atoms with Crippen LogP contribution in [-0.2, 0) is 16.8 Å². The van der Waals surface area contributed by atoms with E-state index in [1.807, 2.05) is 18.5 Å². The first-order valence-electron chi connectivity index (χ1n) is 11.2. The Hall–Kier alpha value is -3.40. The normalized spacial score (nSPS) is 18.4. The summed E-state index contributed by atoms with van der Waals surface area (Å²) in [4.78, 5) is 4.46. The van der Waals surface area contributed by atoms with Gasteiger partial charge >= 0.3 is 0 Å². The van der Waals surface area contributed by atoms with Crippen LogP contribution in [0.5, 0.6) is 5.88 Å². The fourth-order valence-electron chi connectivity index (χ4n) is 4.26. The average Bonchev–Trinajstić information content (AvgIpc) is 3.46. The summed E-state index contributed by atoms with van der Waals surface area (Å²) in [5, 5.41) is 22.6. The second-order valence-corrected chi connectivity index (χ2v) is 9.72. The maximum absolute atomic E-state index is 6.05. The lowest BCUT2D eigenvalue weighted by molar-refractivity contribution is 0.150. The third kappa shape index (κ3) is 4.43. The summed E-state index contributed by atoms with van der Waals surface area (Å²) in [6, 6.07) is 4.03. The van der Waals surface area contributed by atoms with Gasteiger partial charge in [0, 0.05) is 42.7 Å². The number of nitrogens with one attached hydrogen (secondary N) is 3. The van der Waals surface area contributed by atoms with Gasteiger partial charge in [-0.3, -0.25) is 5.10 Å². The summed E-state index contributed by atoms with van der Waals surface area (Å²) < 4.78 is 13.0. The lowest BCUT2D eigenvalue weighted by atomic mass is 9.74. The van der Waals surface area contributed by atoms with Gasteiger partial charge < -0.3 is 14.8 Å². The van der Waals surface area contributed by atoms with Crippen LogP contribution in [0.25, 0.3) is 5.52 Å². The van der Waals surface area contributed by atoms with Gasteiger partial charge in [-0.2, -0.15) is 15.3 Å². The average molecular weight is 451 g/mol. The van der Waals surface area contributed by atoms with Crippen molar-refractivity contribution < 1.29 is 9.47 Å². The Morgan fingerprint density at radius 1 is 1.21 bits per heavy atom. The highest BCUT2D eigenvalue weighted by molar-refractivity contribution is 5.72. The first kappa shape index (κ1) is 21.4. The van der Waals surface area contributed by atoms with Gasteiger partial charge in [-0.25, -0.2) is 14.6 Å². The van der Waals surface area contributed by atoms with E-state index in [0.29, 0.717) is 30.9 Å². The molecule has 4 aromatic heterocycles. The summed E-state index contributed by atoms with van der Waals surface area (Å²) in [6.45, 7) is 7.64. The van der Waals surface area contributed by atoms with Gasteiger partial charge in [0.2, 0.25) is 5.88 Å². The number of aromatic nitrogens is 7. The molecule has 0 aromatic carbocycles. The van der Waals surface area contributed by atoms with Crippen molar-refractivity contribution in [2.75, 3.05) is 19.0 Å². The number of aromatic amines is 2. The lowest BCUT2D eigenvalue weighted by Gasteiger charge is -2.34. The predicted octanol–water partition coefficient (Wildman–Crippen LogP) is 3.94. The molecule has 4 heterocycles. The molecule has 10 nitrogen and oxygen atoms in total. The highest BCUT2D eigenvalue weighted by Gasteiger charge is 2.33. The van der Waals surface area contributed by atoms with Crippen molar-refractivity contribution in [2.45, 2.75) is 51.6 Å². The smallest absolute Gasteiger partial charge is 0.212 e. The highest BCUT2D eigenvalue weighted by Crippen LogP contribution is 2.42. The summed E-state index contributed by atoms with van der Waals surface area (Å²) in [7, 11) is 1.66. The van der Waals surface area contributed by atoms with Crippen LogP contribution < -0.4 is 10.1 Å². The molecule has 0 saturated heterocycles. The van der Waals surface area contributed by atoms with E-state index in [1.54, 1.807) is 17.8 Å². The predicted molar refractivity (Wildman–Crippen MR) is 124 cm³/mol. The number of hydrogen-bond donors (Lipinski definition) is 3. The third-order valence-corrected chi connectivity index (χ3v) is 6.13. The first-order chi connectivity index (χ1) is 15.9. The molecule has 0 unspecified atom stereocenters. The number of H-pyrrole nitrogens is 2. The Labute approximate surface area is 192 Å². The summed E-state index contributed by atoms with van der Waals surface area (Å²) in [5.74, 6) is 3.21. The Kier molecular flexibility index (Phi) is 5.53. The molecule has 174 valence electrons. The molecule has 1 aliphatic carbocycles. The maximum atomic E-state index is 6.05. The van der Waals surface area contributed by atoms with E-state index in [-0.39, 0.29) is 5.41 Å². The van der Waals surface area contributed by atoms with Gasteiger partial charge in [-0.1, -0.05) is 20.8 Å². The molecule has 0 spiro atoms. The molecule has 0 radical (unpaired) electrons. The minimum Gasteiger partial charge on any atom is -0.477 e. The zero-order valence-electron chi connectivity index (χ0n) is 19.4. The molecule has 1 fully saturated rings. The Bertz CT molecular complexity index is 1230. The molecule has 4 aromatic rings. The second kappa shape index (κ2) is 8.51. The number of ether oxygens (including phenoxy) is 2. The van der Waals surface area contributed by atoms with Gasteiger partial charge in [0.1, 0.15) is 5.52 Å². The Morgan fingerprint density at radius 3 is 2.85 bits per heavy atom. The number of nitrogens with zero attached hydrogens (tertiary/aromatic N) is 5. The van der Waals surface area contributed by atoms with Crippen LogP contribution in [-0.4, -0.2) is 48.7 Å². The van der Waals surface area contributed by atoms with Gasteiger partial charge in [0.05, 0.1) is 25.1 Å². The van der Waals surface area contributed by atoms with Gasteiger partial charge in [0.15, 0.2) is 11.6 Å². The van der Waals surface area contributed by atoms with E-state index in [4.69, 9.17) is 9.47 Å². The fraction of sp³-hybridized carbons (Fsp3) is 0.478. The van der Waals surface area contributed by atoms with Crippen LogP contribution in [0, 0.1) is 5.92 Å². The molecule has 1 aliphatic rings. The van der Waals surface area contributed by atoms with Crippen molar-refractivity contribution in [1.29, 1.82) is 0 Å². The fourth-order valence-corrected chi connectivity index (χ4v) is 4.26. The molecule has 0 aliphatic heterocycles. The monoisotopic (exact) mass is 450 g/mol. The number of fused-ring (bicyclic) bond motifs is 1. The molecule has 1 saturated carbocycles. The molecule has 10 heteroatoms. The molecule has 0 amide bonds. The van der Waals surface area contributed by atoms with Crippen molar-refractivity contribution >= 4 is 17.2 Å². The number of rotatable bonds is 8. The molecule has 3 N–H and O–H groups in total. The van der Waals surface area contributed by atoms with E-state index in [2.05, 4.69) is 62.6 Å². The van der Waals surface area contributed by atoms with Gasteiger partial charge in [-0.05, 0) is 30.2 Å². The van der Waals surface area contributed by atoms with Gasteiger partial charge in [0.25, 0.3) is 0 Å². The summed E-state index contributed by atoms with van der Waals surface area (Å²) in [6.07, 6.45) is 7.53. The van der Waals surface area contributed by atoms with Crippen LogP contribution in [0.15, 0.2) is 30.7 Å². The number of methoxy groups -OCH3 is 1. The van der Waals surface area contributed by atoms with Crippen molar-refractivity contribution in [1.82, 2.24) is 35.0 Å². The highest BCUT2D eigenvalue weighted by atomic mass is 16.5. The minimum atomic E-state index is 0.00523. The number of anilines is 2. The quantitative estimate of drug-likeness (QED) is 0.372. The van der Waals surface area contributed by atoms with Crippen molar-refractivity contribution in [2.24, 2.45) is 5.92 Å². The second-order valence-electron chi connectivity index (χ2n) is 9.72. The summed E-state index contributed by atoms with van der Waals surface area (Å²) in [5.41, 5.74) is 3.97. The zero-order chi connectivity index (χ0) is 23.0. The van der Waals surface area contributed by atoms with Crippen molar-refractivity contribution in [3.05, 3.63) is 47.7 Å². The van der Waals surface area contributed by atoms with E-state index in [1.165, 1.54) is 0 Å². The van der Waals surface area contributed by atoms with Crippen LogP contribution in [0.4, 0.5) is 11.6 Å². The lowest BCUT2D eigenvalue weighted by Crippen LogP contribution is -2.28. The SMILES string of the molecule is COCc1cc2c(Nc3cc(C4CC(COc5[nH]ncc5C(C)(C)C)C4)[nH]n3)nccn2n1. The van der Waals surface area contributed by atoms with Crippen LogP contribution in [0.2, 0.25) is 0 Å². The van der Waals surface area contributed by atoms with E-state index >= 15 is 0 Å². The van der Waals surface area contributed by atoms with Crippen LogP contribution in [0.3, 0.4) is 0 Å². The zero-order valence-corrected chi connectivity index (χ0v) is 19.4.